The Bertz CT molecular complexity index is 152. The number of nitrogens with one attached hydrogen (secondary N) is 1. The molecule has 0 bridgehead atoms. The first-order valence-electron chi connectivity index (χ1n) is 4.13. The minimum absolute atomic E-state index is 0. The number of hydrogen-bond acceptors (Lipinski definition) is 6. The molecule has 1 rings (SSSR count). The van der Waals surface area contributed by atoms with E-state index in [1.54, 1.807) is 0 Å². The van der Waals surface area contributed by atoms with E-state index in [0.29, 0.717) is 0 Å². The largest absolute Gasteiger partial charge is 0.395 e. The Labute approximate surface area is 87.6 Å². The summed E-state index contributed by atoms with van der Waals surface area (Å²) in [7, 11) is 0. The third-order valence-electron chi connectivity index (χ3n) is 2.35. The third-order valence-corrected chi connectivity index (χ3v) is 2.35. The second-order valence-electron chi connectivity index (χ2n) is 3.22. The van der Waals surface area contributed by atoms with Crippen molar-refractivity contribution in [2.75, 3.05) is 13.2 Å². The van der Waals surface area contributed by atoms with Crippen molar-refractivity contribution in [2.24, 2.45) is 0 Å². The van der Waals surface area contributed by atoms with E-state index in [2.05, 4.69) is 5.32 Å². The van der Waals surface area contributed by atoms with Crippen LogP contribution in [0.15, 0.2) is 0 Å². The maximum Gasteiger partial charge on any atom is 0.109 e. The topological polar surface area (TPSA) is 113 Å². The van der Waals surface area contributed by atoms with E-state index in [4.69, 9.17) is 10.2 Å². The van der Waals surface area contributed by atoms with Crippen molar-refractivity contribution < 1.29 is 25.5 Å². The van der Waals surface area contributed by atoms with Gasteiger partial charge in [-0.1, -0.05) is 0 Å². The van der Waals surface area contributed by atoms with Gasteiger partial charge in [-0.3, -0.25) is 0 Å². The minimum Gasteiger partial charge on any atom is -0.395 e. The molecule has 0 unspecified atom stereocenters. The molecule has 1 aliphatic heterocycles. The molecule has 1 heterocycles. The lowest BCUT2D eigenvalue weighted by molar-refractivity contribution is -0.125. The zero-order valence-electron chi connectivity index (χ0n) is 7.45. The molecule has 5 atom stereocenters. The molecule has 0 amide bonds. The van der Waals surface area contributed by atoms with E-state index >= 15 is 0 Å². The van der Waals surface area contributed by atoms with E-state index in [0.717, 1.165) is 0 Å². The van der Waals surface area contributed by atoms with Crippen LogP contribution in [0.25, 0.3) is 0 Å². The number of hydrogen-bond donors (Lipinski definition) is 6. The van der Waals surface area contributed by atoms with Crippen LogP contribution in [-0.2, 0) is 0 Å². The molecule has 0 aliphatic carbocycles. The van der Waals surface area contributed by atoms with Crippen LogP contribution in [0, 0.1) is 0 Å². The van der Waals surface area contributed by atoms with Gasteiger partial charge in [0.1, 0.15) is 6.10 Å². The molecular weight excluding hydrogens is 214 g/mol. The Kier molecular flexibility index (Phi) is 5.84. The highest BCUT2D eigenvalue weighted by Gasteiger charge is 2.41. The average molecular weight is 230 g/mol. The lowest BCUT2D eigenvalue weighted by atomic mass is 9.91. The SMILES string of the molecule is Cl.OC[C@@H]1N[C@H](CO)[C@@H](O)[C@@H](O)[C@@H]1O. The van der Waals surface area contributed by atoms with Crippen LogP contribution in [0.1, 0.15) is 0 Å². The van der Waals surface area contributed by atoms with Crippen LogP contribution in [0.2, 0.25) is 0 Å². The first-order chi connectivity index (χ1) is 6.11. The fraction of sp³-hybridized carbons (Fsp3) is 1.00. The smallest absolute Gasteiger partial charge is 0.109 e. The number of aliphatic hydroxyl groups is 5. The quantitative estimate of drug-likeness (QED) is 0.298. The molecule has 0 aromatic carbocycles. The molecule has 0 aromatic rings. The maximum atomic E-state index is 9.31. The zero-order valence-corrected chi connectivity index (χ0v) is 8.26. The van der Waals surface area contributed by atoms with Crippen LogP contribution in [-0.4, -0.2) is 69.1 Å². The van der Waals surface area contributed by atoms with Gasteiger partial charge in [0.2, 0.25) is 0 Å². The highest BCUT2D eigenvalue weighted by Crippen LogP contribution is 2.14. The molecule has 0 saturated carbocycles. The van der Waals surface area contributed by atoms with Crippen LogP contribution < -0.4 is 5.32 Å². The Hall–Kier alpha value is 0.0500. The Morgan fingerprint density at radius 3 is 1.43 bits per heavy atom. The van der Waals surface area contributed by atoms with Gasteiger partial charge in [-0.2, -0.15) is 0 Å². The van der Waals surface area contributed by atoms with E-state index in [-0.39, 0.29) is 25.6 Å². The van der Waals surface area contributed by atoms with Crippen molar-refractivity contribution in [1.29, 1.82) is 0 Å². The number of aliphatic hydroxyl groups excluding tert-OH is 5. The lowest BCUT2D eigenvalue weighted by Gasteiger charge is -2.40. The molecule has 6 N–H and O–H groups in total. The second-order valence-corrected chi connectivity index (χ2v) is 3.22. The molecule has 0 aromatic heterocycles. The van der Waals surface area contributed by atoms with Gasteiger partial charge in [0, 0.05) is 0 Å². The first kappa shape index (κ1) is 14.1. The molecule has 1 saturated heterocycles. The highest BCUT2D eigenvalue weighted by atomic mass is 35.5. The van der Waals surface area contributed by atoms with Crippen LogP contribution in [0.3, 0.4) is 0 Å². The summed E-state index contributed by atoms with van der Waals surface area (Å²) in [5.74, 6) is 0. The molecule has 6 nitrogen and oxygen atoms in total. The van der Waals surface area contributed by atoms with Gasteiger partial charge in [-0.15, -0.1) is 12.4 Å². The fourth-order valence-corrected chi connectivity index (χ4v) is 1.47. The minimum atomic E-state index is -1.34. The second kappa shape index (κ2) is 5.82. The molecule has 0 spiro atoms. The van der Waals surface area contributed by atoms with E-state index in [1.807, 2.05) is 0 Å². The predicted molar refractivity (Wildman–Crippen MR) is 50.2 cm³/mol. The zero-order chi connectivity index (χ0) is 10.0. The van der Waals surface area contributed by atoms with Gasteiger partial charge in [-0.25, -0.2) is 0 Å². The number of piperidine rings is 1. The molecule has 1 aliphatic rings. The third kappa shape index (κ3) is 2.54. The maximum absolute atomic E-state index is 9.31. The normalized spacial score (nSPS) is 43.1. The van der Waals surface area contributed by atoms with Crippen molar-refractivity contribution in [3.63, 3.8) is 0 Å². The molecular formula is C7H16ClNO5. The summed E-state index contributed by atoms with van der Waals surface area (Å²) in [6, 6.07) is -1.42. The van der Waals surface area contributed by atoms with Gasteiger partial charge in [0.15, 0.2) is 0 Å². The van der Waals surface area contributed by atoms with Gasteiger partial charge >= 0.3 is 0 Å². The highest BCUT2D eigenvalue weighted by molar-refractivity contribution is 5.85. The molecule has 14 heavy (non-hydrogen) atoms. The summed E-state index contributed by atoms with van der Waals surface area (Å²) >= 11 is 0. The monoisotopic (exact) mass is 229 g/mol. The van der Waals surface area contributed by atoms with Gasteiger partial charge in [0.05, 0.1) is 37.5 Å². The van der Waals surface area contributed by atoms with Crippen molar-refractivity contribution in [2.45, 2.75) is 30.4 Å². The van der Waals surface area contributed by atoms with Crippen molar-refractivity contribution >= 4 is 12.4 Å². The summed E-state index contributed by atoms with van der Waals surface area (Å²) in [6.45, 7) is -0.719. The van der Waals surface area contributed by atoms with Crippen LogP contribution >= 0.6 is 12.4 Å². The summed E-state index contributed by atoms with van der Waals surface area (Å²) in [5, 5.41) is 48.1. The predicted octanol–water partition coefficient (Wildman–Crippen LogP) is -3.18. The van der Waals surface area contributed by atoms with Crippen LogP contribution in [0.4, 0.5) is 0 Å². The van der Waals surface area contributed by atoms with Crippen molar-refractivity contribution in [3.05, 3.63) is 0 Å². The summed E-state index contributed by atoms with van der Waals surface area (Å²) in [6.07, 6.45) is -3.78. The van der Waals surface area contributed by atoms with Gasteiger partial charge in [0.25, 0.3) is 0 Å². The number of rotatable bonds is 2. The van der Waals surface area contributed by atoms with Crippen molar-refractivity contribution in [1.82, 2.24) is 5.32 Å². The summed E-state index contributed by atoms with van der Waals surface area (Å²) in [4.78, 5) is 0. The molecule has 0 radical (unpaired) electrons. The Balaban J connectivity index is 0.00000169. The molecule has 86 valence electrons. The number of halogens is 1. The van der Waals surface area contributed by atoms with E-state index in [1.165, 1.54) is 0 Å². The summed E-state index contributed by atoms with van der Waals surface area (Å²) < 4.78 is 0. The first-order valence-corrected chi connectivity index (χ1v) is 4.13. The van der Waals surface area contributed by atoms with Gasteiger partial charge in [-0.05, 0) is 0 Å². The fourth-order valence-electron chi connectivity index (χ4n) is 1.47. The van der Waals surface area contributed by atoms with Crippen LogP contribution in [0.5, 0.6) is 0 Å². The Morgan fingerprint density at radius 2 is 1.14 bits per heavy atom. The standard InChI is InChI=1S/C7H15NO5.ClH/c9-1-3-5(11)7(13)6(12)4(2-10)8-3;/h3-13H,1-2H2;1H/t3-,4+,5-,6-,7-;/m1./s1. The summed E-state index contributed by atoms with van der Waals surface area (Å²) in [5.41, 5.74) is 0. The average Bonchev–Trinajstić information content (AvgIpc) is 2.15. The van der Waals surface area contributed by atoms with Gasteiger partial charge < -0.3 is 30.8 Å². The lowest BCUT2D eigenvalue weighted by Crippen LogP contribution is -2.66. The van der Waals surface area contributed by atoms with Crippen molar-refractivity contribution in [3.8, 4) is 0 Å². The van der Waals surface area contributed by atoms with E-state index in [9.17, 15) is 15.3 Å². The Morgan fingerprint density at radius 1 is 0.786 bits per heavy atom. The molecule has 1 fully saturated rings. The van der Waals surface area contributed by atoms with E-state index < -0.39 is 30.4 Å². The molecule has 7 heteroatoms.